The van der Waals surface area contributed by atoms with E-state index in [2.05, 4.69) is 20.7 Å². The number of rotatable bonds is 11. The van der Waals surface area contributed by atoms with Crippen LogP contribution < -0.4 is 29.4 Å². The molecule has 218 valence electrons. The maximum atomic E-state index is 11.4. The standard InChI is InChI=1S/C27H27N7O8/c1-37-23-8-5-15(10-21(23)34(35)36)20-13-18(42-30-20)14-41-22-7-6-16(9-19(22)28)27-29-31-32-33(27)17-11-24(38-2)26(40-4)25(12-17)39-3/h5-12,18H,13-14,28H2,1-4H3. The van der Waals surface area contributed by atoms with Crippen LogP contribution >= 0.6 is 0 Å². The number of hydrogen-bond donors (Lipinski definition) is 1. The molecule has 0 aliphatic carbocycles. The van der Waals surface area contributed by atoms with Crippen molar-refractivity contribution in [2.45, 2.75) is 12.5 Å². The number of benzene rings is 3. The molecule has 4 aromatic rings. The number of nitro groups is 1. The molecule has 0 saturated carbocycles. The Bertz CT molecular complexity index is 1630. The van der Waals surface area contributed by atoms with Crippen molar-refractivity contribution in [3.8, 4) is 45.8 Å². The number of methoxy groups -OCH3 is 4. The van der Waals surface area contributed by atoms with Crippen LogP contribution in [-0.4, -0.2) is 72.0 Å². The zero-order valence-electron chi connectivity index (χ0n) is 23.1. The second-order valence-electron chi connectivity index (χ2n) is 8.97. The fraction of sp³-hybridized carbons (Fsp3) is 0.259. The molecule has 42 heavy (non-hydrogen) atoms. The minimum absolute atomic E-state index is 0.151. The van der Waals surface area contributed by atoms with Gasteiger partial charge in [0.05, 0.1) is 50.4 Å². The molecule has 15 nitrogen and oxygen atoms in total. The molecule has 2 heterocycles. The number of tetrazole rings is 1. The smallest absolute Gasteiger partial charge is 0.311 e. The van der Waals surface area contributed by atoms with Gasteiger partial charge in [-0.3, -0.25) is 10.1 Å². The van der Waals surface area contributed by atoms with Crippen molar-refractivity contribution in [3.05, 3.63) is 64.2 Å². The molecule has 1 aliphatic rings. The summed E-state index contributed by atoms with van der Waals surface area (Å²) >= 11 is 0. The quantitative estimate of drug-likeness (QED) is 0.156. The van der Waals surface area contributed by atoms with Gasteiger partial charge in [-0.05, 0) is 40.8 Å². The van der Waals surface area contributed by atoms with Crippen LogP contribution in [-0.2, 0) is 4.84 Å². The zero-order chi connectivity index (χ0) is 29.8. The van der Waals surface area contributed by atoms with Crippen LogP contribution in [0.5, 0.6) is 28.7 Å². The Balaban J connectivity index is 1.28. The summed E-state index contributed by atoms with van der Waals surface area (Å²) in [6, 6.07) is 13.3. The van der Waals surface area contributed by atoms with Gasteiger partial charge >= 0.3 is 5.69 Å². The molecular weight excluding hydrogens is 550 g/mol. The lowest BCUT2D eigenvalue weighted by Gasteiger charge is -2.15. The first-order valence-corrected chi connectivity index (χ1v) is 12.5. The van der Waals surface area contributed by atoms with Gasteiger partial charge < -0.3 is 34.3 Å². The molecule has 3 aromatic carbocycles. The van der Waals surface area contributed by atoms with E-state index in [0.29, 0.717) is 63.5 Å². The summed E-state index contributed by atoms with van der Waals surface area (Å²) in [5.74, 6) is 2.36. The van der Waals surface area contributed by atoms with Gasteiger partial charge in [-0.25, -0.2) is 0 Å². The first kappa shape index (κ1) is 27.9. The van der Waals surface area contributed by atoms with E-state index in [1.165, 1.54) is 45.3 Å². The van der Waals surface area contributed by atoms with E-state index in [1.54, 1.807) is 36.4 Å². The highest BCUT2D eigenvalue weighted by molar-refractivity contribution is 6.02. The SMILES string of the molecule is COc1ccc(C2=NOC(COc3ccc(-c4nnnn4-c4cc(OC)c(OC)c(OC)c4)cc3N)C2)cc1[N+](=O)[O-]. The molecule has 1 unspecified atom stereocenters. The highest BCUT2D eigenvalue weighted by atomic mass is 16.7. The predicted octanol–water partition coefficient (Wildman–Crippen LogP) is 3.43. The molecule has 0 bridgehead atoms. The normalized spacial score (nSPS) is 14.1. The Hall–Kier alpha value is -5.60. The largest absolute Gasteiger partial charge is 0.493 e. The van der Waals surface area contributed by atoms with Crippen molar-refractivity contribution < 1.29 is 33.4 Å². The molecule has 0 radical (unpaired) electrons. The van der Waals surface area contributed by atoms with Crippen LogP contribution in [0.15, 0.2) is 53.7 Å². The molecule has 0 spiro atoms. The second kappa shape index (κ2) is 11.9. The number of hydrogen-bond acceptors (Lipinski definition) is 13. The minimum Gasteiger partial charge on any atom is -0.493 e. The first-order chi connectivity index (χ1) is 20.4. The van der Waals surface area contributed by atoms with Crippen molar-refractivity contribution >= 4 is 17.1 Å². The van der Waals surface area contributed by atoms with Gasteiger partial charge in [0.2, 0.25) is 5.75 Å². The lowest BCUT2D eigenvalue weighted by atomic mass is 10.0. The average molecular weight is 578 g/mol. The van der Waals surface area contributed by atoms with E-state index in [0.717, 1.165) is 0 Å². The fourth-order valence-electron chi connectivity index (χ4n) is 4.43. The van der Waals surface area contributed by atoms with Gasteiger partial charge in [0.25, 0.3) is 0 Å². The topological polar surface area (TPSA) is 180 Å². The van der Waals surface area contributed by atoms with Crippen molar-refractivity contribution in [3.63, 3.8) is 0 Å². The van der Waals surface area contributed by atoms with Crippen LogP contribution in [0.4, 0.5) is 11.4 Å². The van der Waals surface area contributed by atoms with Crippen LogP contribution in [0, 0.1) is 10.1 Å². The molecule has 0 saturated heterocycles. The number of oxime groups is 1. The molecule has 0 amide bonds. The van der Waals surface area contributed by atoms with Gasteiger partial charge in [0.1, 0.15) is 12.4 Å². The monoisotopic (exact) mass is 577 g/mol. The molecule has 5 rings (SSSR count). The van der Waals surface area contributed by atoms with Crippen molar-refractivity contribution in [2.75, 3.05) is 40.8 Å². The first-order valence-electron chi connectivity index (χ1n) is 12.5. The Kier molecular flexibility index (Phi) is 7.90. The van der Waals surface area contributed by atoms with Gasteiger partial charge in [-0.1, -0.05) is 5.16 Å². The number of nitrogens with two attached hydrogens (primary N) is 1. The summed E-state index contributed by atoms with van der Waals surface area (Å²) in [7, 11) is 5.95. The molecule has 15 heteroatoms. The minimum atomic E-state index is -0.505. The predicted molar refractivity (Wildman–Crippen MR) is 150 cm³/mol. The second-order valence-corrected chi connectivity index (χ2v) is 8.97. The Labute approximate surface area is 239 Å². The molecule has 1 aliphatic heterocycles. The number of ether oxygens (including phenoxy) is 5. The van der Waals surface area contributed by atoms with Crippen LogP contribution in [0.25, 0.3) is 17.1 Å². The summed E-state index contributed by atoms with van der Waals surface area (Å²) < 4.78 is 28.8. The molecule has 1 aromatic heterocycles. The number of anilines is 1. The molecule has 0 fully saturated rings. The summed E-state index contributed by atoms with van der Waals surface area (Å²) in [5.41, 5.74) is 8.88. The van der Waals surface area contributed by atoms with Gasteiger partial charge in [0, 0.05) is 35.7 Å². The summed E-state index contributed by atoms with van der Waals surface area (Å²) in [5, 5.41) is 27.6. The Morgan fingerprint density at radius 2 is 1.64 bits per heavy atom. The van der Waals surface area contributed by atoms with Crippen molar-refractivity contribution in [1.29, 1.82) is 0 Å². The summed E-state index contributed by atoms with van der Waals surface area (Å²) in [6.07, 6.45) is -0.0158. The maximum Gasteiger partial charge on any atom is 0.311 e. The third kappa shape index (κ3) is 5.39. The number of nitrogens with zero attached hydrogens (tertiary/aromatic N) is 6. The van der Waals surface area contributed by atoms with Crippen LogP contribution in [0.3, 0.4) is 0 Å². The maximum absolute atomic E-state index is 11.4. The van der Waals surface area contributed by atoms with E-state index >= 15 is 0 Å². The Morgan fingerprint density at radius 1 is 0.952 bits per heavy atom. The van der Waals surface area contributed by atoms with E-state index in [-0.39, 0.29) is 18.0 Å². The van der Waals surface area contributed by atoms with Crippen LogP contribution in [0.2, 0.25) is 0 Å². The lowest BCUT2D eigenvalue weighted by molar-refractivity contribution is -0.385. The van der Waals surface area contributed by atoms with Gasteiger partial charge in [-0.2, -0.15) is 4.68 Å². The molecule has 1 atom stereocenters. The van der Waals surface area contributed by atoms with Crippen LogP contribution in [0.1, 0.15) is 12.0 Å². The Morgan fingerprint density at radius 3 is 2.29 bits per heavy atom. The number of nitro benzene ring substituents is 1. The third-order valence-electron chi connectivity index (χ3n) is 6.50. The molecule has 2 N–H and O–H groups in total. The van der Waals surface area contributed by atoms with Crippen molar-refractivity contribution in [1.82, 2.24) is 20.2 Å². The average Bonchev–Trinajstić information content (AvgIpc) is 3.70. The summed E-state index contributed by atoms with van der Waals surface area (Å²) in [4.78, 5) is 16.4. The van der Waals surface area contributed by atoms with E-state index < -0.39 is 11.0 Å². The van der Waals surface area contributed by atoms with Gasteiger partial charge in [-0.15, -0.1) is 5.10 Å². The van der Waals surface area contributed by atoms with E-state index in [1.807, 2.05) is 0 Å². The highest BCUT2D eigenvalue weighted by Gasteiger charge is 2.26. The lowest BCUT2D eigenvalue weighted by Crippen LogP contribution is -2.18. The summed E-state index contributed by atoms with van der Waals surface area (Å²) in [6.45, 7) is 0.151. The zero-order valence-corrected chi connectivity index (χ0v) is 23.1. The fourth-order valence-corrected chi connectivity index (χ4v) is 4.43. The number of aromatic nitrogens is 4. The van der Waals surface area contributed by atoms with Crippen molar-refractivity contribution in [2.24, 2.45) is 5.16 Å². The van der Waals surface area contributed by atoms with E-state index in [4.69, 9.17) is 34.3 Å². The van der Waals surface area contributed by atoms with E-state index in [9.17, 15) is 10.1 Å². The number of nitrogen functional groups attached to an aromatic ring is 1. The third-order valence-corrected chi connectivity index (χ3v) is 6.50. The van der Waals surface area contributed by atoms with Gasteiger partial charge in [0.15, 0.2) is 29.2 Å². The molecular formula is C27H27N7O8. The highest BCUT2D eigenvalue weighted by Crippen LogP contribution is 2.40.